The van der Waals surface area contributed by atoms with Crippen molar-refractivity contribution in [3.63, 3.8) is 0 Å². The van der Waals surface area contributed by atoms with Gasteiger partial charge >= 0.3 is 0 Å². The summed E-state index contributed by atoms with van der Waals surface area (Å²) in [7, 11) is 0. The van der Waals surface area contributed by atoms with E-state index < -0.39 is 0 Å². The summed E-state index contributed by atoms with van der Waals surface area (Å²) in [6.45, 7) is 3.98. The fraction of sp³-hybridized carbons (Fsp3) is 0.115. The molecule has 0 saturated carbocycles. The van der Waals surface area contributed by atoms with E-state index in [1.54, 1.807) is 18.3 Å². The van der Waals surface area contributed by atoms with Crippen LogP contribution < -0.4 is 5.32 Å². The van der Waals surface area contributed by atoms with Gasteiger partial charge < -0.3 is 5.32 Å². The molecule has 1 N–H and O–H groups in total. The molecule has 0 unspecified atom stereocenters. The number of anilines is 1. The molecule has 166 valence electrons. The van der Waals surface area contributed by atoms with E-state index in [1.165, 1.54) is 35.7 Å². The lowest BCUT2D eigenvalue weighted by Crippen LogP contribution is -2.16. The molecule has 0 aliphatic carbocycles. The first kappa shape index (κ1) is 23.0. The molecule has 0 fully saturated rings. The van der Waals surface area contributed by atoms with Crippen molar-refractivity contribution in [1.29, 1.82) is 0 Å². The van der Waals surface area contributed by atoms with Crippen molar-refractivity contribution in [2.24, 2.45) is 0 Å². The van der Waals surface area contributed by atoms with Gasteiger partial charge in [0.25, 0.3) is 5.91 Å². The monoisotopic (exact) mass is 475 g/mol. The molecule has 4 rings (SSSR count). The van der Waals surface area contributed by atoms with Crippen molar-refractivity contribution < 1.29 is 9.18 Å². The van der Waals surface area contributed by atoms with Gasteiger partial charge in [-0.05, 0) is 55.3 Å². The first-order chi connectivity index (χ1) is 16.0. The Bertz CT molecular complexity index is 1260. The highest BCUT2D eigenvalue weighted by molar-refractivity contribution is 7.99. The Balaban J connectivity index is 1.60. The van der Waals surface area contributed by atoms with Crippen molar-refractivity contribution in [2.45, 2.75) is 34.5 Å². The second-order valence-corrected chi connectivity index (χ2v) is 9.53. The number of carbonyl (C=O) groups is 1. The number of nitrogens with zero attached hydrogens (tertiary/aromatic N) is 2. The Kier molecular flexibility index (Phi) is 7.42. The first-order valence-electron chi connectivity index (χ1n) is 10.3. The smallest absolute Gasteiger partial charge is 0.275 e. The van der Waals surface area contributed by atoms with Crippen LogP contribution in [-0.2, 0) is 5.75 Å². The molecular weight excluding hydrogens is 453 g/mol. The summed E-state index contributed by atoms with van der Waals surface area (Å²) >= 11 is 2.85. The van der Waals surface area contributed by atoms with E-state index in [2.05, 4.69) is 15.3 Å². The molecule has 4 nitrogen and oxygen atoms in total. The molecule has 0 spiro atoms. The van der Waals surface area contributed by atoms with Crippen LogP contribution in [0.15, 0.2) is 93.9 Å². The van der Waals surface area contributed by atoms with Gasteiger partial charge in [-0.2, -0.15) is 0 Å². The molecule has 1 heterocycles. The van der Waals surface area contributed by atoms with Gasteiger partial charge in [-0.1, -0.05) is 71.6 Å². The van der Waals surface area contributed by atoms with E-state index in [4.69, 9.17) is 0 Å². The van der Waals surface area contributed by atoms with Gasteiger partial charge in [0.1, 0.15) is 11.5 Å². The quantitative estimate of drug-likeness (QED) is 0.232. The second-order valence-electron chi connectivity index (χ2n) is 7.47. The number of amides is 1. The molecule has 4 aromatic rings. The van der Waals surface area contributed by atoms with Gasteiger partial charge in [0.2, 0.25) is 0 Å². The average molecular weight is 476 g/mol. The number of nitrogens with one attached hydrogen (secondary N) is 1. The fourth-order valence-electron chi connectivity index (χ4n) is 3.14. The van der Waals surface area contributed by atoms with Crippen molar-refractivity contribution >= 4 is 35.1 Å². The van der Waals surface area contributed by atoms with Gasteiger partial charge in [0.05, 0.1) is 4.90 Å². The van der Waals surface area contributed by atoms with Crippen LogP contribution >= 0.6 is 23.5 Å². The molecule has 7 heteroatoms. The van der Waals surface area contributed by atoms with Gasteiger partial charge in [-0.15, -0.1) is 0 Å². The van der Waals surface area contributed by atoms with Gasteiger partial charge in [0.15, 0.2) is 5.16 Å². The third-order valence-corrected chi connectivity index (χ3v) is 6.79. The highest BCUT2D eigenvalue weighted by atomic mass is 32.2. The summed E-state index contributed by atoms with van der Waals surface area (Å²) in [5.74, 6) is 0.0166. The predicted octanol–water partition coefficient (Wildman–Crippen LogP) is 6.93. The van der Waals surface area contributed by atoms with E-state index in [9.17, 15) is 9.18 Å². The molecule has 0 saturated heterocycles. The zero-order valence-electron chi connectivity index (χ0n) is 18.2. The second kappa shape index (κ2) is 10.6. The zero-order chi connectivity index (χ0) is 23.2. The zero-order valence-corrected chi connectivity index (χ0v) is 19.8. The molecule has 0 radical (unpaired) electrons. The van der Waals surface area contributed by atoms with Crippen LogP contribution in [0.3, 0.4) is 0 Å². The van der Waals surface area contributed by atoms with E-state index in [0.29, 0.717) is 21.5 Å². The van der Waals surface area contributed by atoms with Crippen LogP contribution in [-0.4, -0.2) is 15.9 Å². The average Bonchev–Trinajstić information content (AvgIpc) is 2.82. The van der Waals surface area contributed by atoms with Crippen LogP contribution in [0.25, 0.3) is 0 Å². The number of thioether (sulfide) groups is 1. The summed E-state index contributed by atoms with van der Waals surface area (Å²) < 4.78 is 13.2. The molecule has 0 aliphatic rings. The number of carbonyl (C=O) groups excluding carboxylic acids is 1. The third-order valence-electron chi connectivity index (χ3n) is 4.83. The van der Waals surface area contributed by atoms with Crippen molar-refractivity contribution in [3.8, 4) is 0 Å². The van der Waals surface area contributed by atoms with Crippen LogP contribution in [0.2, 0.25) is 0 Å². The Labute approximate surface area is 201 Å². The number of aryl methyl sites for hydroxylation is 2. The molecule has 3 aromatic carbocycles. The maximum atomic E-state index is 13.3. The van der Waals surface area contributed by atoms with Crippen LogP contribution in [0.4, 0.5) is 10.1 Å². The summed E-state index contributed by atoms with van der Waals surface area (Å²) in [5, 5.41) is 3.48. The summed E-state index contributed by atoms with van der Waals surface area (Å²) in [4.78, 5) is 24.0. The number of hydrogen-bond donors (Lipinski definition) is 1. The van der Waals surface area contributed by atoms with Gasteiger partial charge in [-0.25, -0.2) is 14.4 Å². The van der Waals surface area contributed by atoms with Crippen LogP contribution in [0.1, 0.15) is 27.2 Å². The first-order valence-corrected chi connectivity index (χ1v) is 12.1. The molecule has 0 bridgehead atoms. The SMILES string of the molecule is Cc1ccc(NC(=O)c2nc(SCc3ccc(F)cc3)ncc2Sc2ccccc2)c(C)c1. The highest BCUT2D eigenvalue weighted by Gasteiger charge is 2.18. The molecule has 33 heavy (non-hydrogen) atoms. The van der Waals surface area contributed by atoms with E-state index in [-0.39, 0.29) is 11.7 Å². The number of halogens is 1. The molecule has 1 aromatic heterocycles. The number of rotatable bonds is 7. The number of benzene rings is 3. The van der Waals surface area contributed by atoms with Gasteiger partial charge in [0, 0.05) is 22.5 Å². The third kappa shape index (κ3) is 6.21. The maximum Gasteiger partial charge on any atom is 0.275 e. The molecule has 1 amide bonds. The van der Waals surface area contributed by atoms with Crippen LogP contribution in [0, 0.1) is 19.7 Å². The highest BCUT2D eigenvalue weighted by Crippen LogP contribution is 2.31. The lowest BCUT2D eigenvalue weighted by Gasteiger charge is -2.12. The number of aromatic nitrogens is 2. The molecule has 0 aliphatic heterocycles. The maximum absolute atomic E-state index is 13.3. The lowest BCUT2D eigenvalue weighted by atomic mass is 10.1. The van der Waals surface area contributed by atoms with Gasteiger partial charge in [-0.3, -0.25) is 4.79 Å². The lowest BCUT2D eigenvalue weighted by molar-refractivity contribution is 0.101. The molecular formula is C26H22FN3OS2. The molecule has 0 atom stereocenters. The Morgan fingerprint density at radius 1 is 1.00 bits per heavy atom. The summed E-state index contributed by atoms with van der Waals surface area (Å²) in [6, 6.07) is 22.0. The minimum atomic E-state index is -0.286. The van der Waals surface area contributed by atoms with Crippen molar-refractivity contribution in [1.82, 2.24) is 9.97 Å². The Morgan fingerprint density at radius 2 is 1.76 bits per heavy atom. The largest absolute Gasteiger partial charge is 0.320 e. The normalized spacial score (nSPS) is 10.8. The minimum Gasteiger partial charge on any atom is -0.320 e. The Morgan fingerprint density at radius 3 is 2.48 bits per heavy atom. The topological polar surface area (TPSA) is 54.9 Å². The summed E-state index contributed by atoms with van der Waals surface area (Å²) in [6.07, 6.45) is 1.69. The van der Waals surface area contributed by atoms with Crippen molar-refractivity contribution in [2.75, 3.05) is 5.32 Å². The van der Waals surface area contributed by atoms with E-state index in [0.717, 1.165) is 27.3 Å². The van der Waals surface area contributed by atoms with Crippen LogP contribution in [0.5, 0.6) is 0 Å². The Hall–Kier alpha value is -3.16. The van der Waals surface area contributed by atoms with E-state index >= 15 is 0 Å². The standard InChI is InChI=1S/C26H22FN3OS2/c1-17-8-13-22(18(2)14-17)29-25(31)24-23(33-21-6-4-3-5-7-21)15-28-26(30-24)32-16-19-9-11-20(27)12-10-19/h3-15H,16H2,1-2H3,(H,29,31). The van der Waals surface area contributed by atoms with Crippen molar-refractivity contribution in [3.05, 3.63) is 107 Å². The number of hydrogen-bond acceptors (Lipinski definition) is 5. The minimum absolute atomic E-state index is 0.271. The van der Waals surface area contributed by atoms with E-state index in [1.807, 2.05) is 62.4 Å². The predicted molar refractivity (Wildman–Crippen MR) is 132 cm³/mol. The summed E-state index contributed by atoms with van der Waals surface area (Å²) in [5.41, 5.74) is 4.14. The fourth-order valence-corrected chi connectivity index (χ4v) is 4.80.